The zero-order chi connectivity index (χ0) is 20.8. The third kappa shape index (κ3) is 5.55. The van der Waals surface area contributed by atoms with Crippen LogP contribution in [-0.2, 0) is 5.75 Å². The molecule has 0 aliphatic rings. The average Bonchev–Trinajstić information content (AvgIpc) is 2.72. The molecular weight excluding hydrogens is 418 g/mol. The molecule has 0 saturated carbocycles. The molecular formula is C19H18F2N4O2S2. The molecule has 0 aliphatic heterocycles. The van der Waals surface area contributed by atoms with Crippen molar-refractivity contribution in [1.82, 2.24) is 15.0 Å². The quantitative estimate of drug-likeness (QED) is 0.367. The van der Waals surface area contributed by atoms with Crippen LogP contribution in [0.2, 0.25) is 0 Å². The molecule has 29 heavy (non-hydrogen) atoms. The lowest BCUT2D eigenvalue weighted by atomic mass is 10.2. The number of H-pyrrole nitrogens is 1. The molecule has 0 saturated heterocycles. The van der Waals surface area contributed by atoms with Crippen molar-refractivity contribution in [2.24, 2.45) is 0 Å². The monoisotopic (exact) mass is 436 g/mol. The van der Waals surface area contributed by atoms with Crippen LogP contribution in [0.4, 0.5) is 14.6 Å². The minimum Gasteiger partial charge on any atom is -0.394 e. The van der Waals surface area contributed by atoms with Crippen molar-refractivity contribution in [1.29, 1.82) is 0 Å². The number of aliphatic hydroxyl groups excluding tert-OH is 1. The van der Waals surface area contributed by atoms with Crippen LogP contribution in [0.15, 0.2) is 62.5 Å². The first-order valence-electron chi connectivity index (χ1n) is 8.63. The molecule has 3 N–H and O–H groups in total. The smallest absolute Gasteiger partial charge is 0.267 e. The van der Waals surface area contributed by atoms with E-state index >= 15 is 0 Å². The number of aromatic nitrogens is 3. The molecule has 2 heterocycles. The number of aromatic amines is 1. The molecule has 1 aromatic carbocycles. The Balaban J connectivity index is 1.88. The fourth-order valence-corrected chi connectivity index (χ4v) is 3.99. The molecule has 6 nitrogen and oxygen atoms in total. The van der Waals surface area contributed by atoms with Gasteiger partial charge in [0, 0.05) is 34.6 Å². The molecule has 0 fully saturated rings. The van der Waals surface area contributed by atoms with Crippen LogP contribution in [0, 0.1) is 11.6 Å². The van der Waals surface area contributed by atoms with Gasteiger partial charge in [-0.1, -0.05) is 35.7 Å². The van der Waals surface area contributed by atoms with Gasteiger partial charge in [0.2, 0.25) is 0 Å². The molecule has 2 aromatic heterocycles. The first-order valence-corrected chi connectivity index (χ1v) is 10.4. The van der Waals surface area contributed by atoms with Crippen molar-refractivity contribution < 1.29 is 13.9 Å². The number of hydrogen-bond donors (Lipinski definition) is 3. The number of nitrogens with one attached hydrogen (secondary N) is 2. The first-order chi connectivity index (χ1) is 14.0. The van der Waals surface area contributed by atoms with Crippen molar-refractivity contribution in [2.45, 2.75) is 33.7 Å². The minimum absolute atomic E-state index is 0.0956. The first kappa shape index (κ1) is 21.3. The van der Waals surface area contributed by atoms with Crippen LogP contribution in [-0.4, -0.2) is 32.7 Å². The zero-order valence-electron chi connectivity index (χ0n) is 15.4. The fourth-order valence-electron chi connectivity index (χ4n) is 2.31. The summed E-state index contributed by atoms with van der Waals surface area (Å²) in [4.78, 5) is 24.9. The number of nitrogens with zero attached hydrogens (tertiary/aromatic N) is 2. The second kappa shape index (κ2) is 9.86. The van der Waals surface area contributed by atoms with E-state index in [2.05, 4.69) is 20.3 Å². The summed E-state index contributed by atoms with van der Waals surface area (Å²) >= 11 is 2.29. The number of anilines is 1. The SMILES string of the molecule is C[C@H](CO)Nc1nc(SCc2cccc(F)c2F)[nH]c(=O)c1Sc1ccncc1. The lowest BCUT2D eigenvalue weighted by molar-refractivity contribution is 0.281. The van der Waals surface area contributed by atoms with Crippen molar-refractivity contribution in [3.05, 3.63) is 70.3 Å². The van der Waals surface area contributed by atoms with Crippen LogP contribution in [0.1, 0.15) is 12.5 Å². The van der Waals surface area contributed by atoms with Crippen LogP contribution in [0.3, 0.4) is 0 Å². The van der Waals surface area contributed by atoms with Gasteiger partial charge in [0.25, 0.3) is 5.56 Å². The number of rotatable bonds is 8. The van der Waals surface area contributed by atoms with Gasteiger partial charge in [-0.15, -0.1) is 0 Å². The molecule has 0 bridgehead atoms. The fraction of sp³-hybridized carbons (Fsp3) is 0.211. The maximum Gasteiger partial charge on any atom is 0.267 e. The maximum absolute atomic E-state index is 13.9. The Morgan fingerprint density at radius 3 is 2.72 bits per heavy atom. The van der Waals surface area contributed by atoms with Gasteiger partial charge in [0.15, 0.2) is 16.8 Å². The van der Waals surface area contributed by atoms with Gasteiger partial charge in [-0.3, -0.25) is 9.78 Å². The van der Waals surface area contributed by atoms with Crippen LogP contribution in [0.5, 0.6) is 0 Å². The highest BCUT2D eigenvalue weighted by molar-refractivity contribution is 7.99. The predicted molar refractivity (Wildman–Crippen MR) is 109 cm³/mol. The number of halogens is 2. The Labute approximate surface area is 174 Å². The molecule has 3 rings (SSSR count). The largest absolute Gasteiger partial charge is 0.394 e. The number of hydrogen-bond acceptors (Lipinski definition) is 7. The third-order valence-electron chi connectivity index (χ3n) is 3.78. The van der Waals surface area contributed by atoms with Crippen molar-refractivity contribution in [2.75, 3.05) is 11.9 Å². The zero-order valence-corrected chi connectivity index (χ0v) is 17.0. The summed E-state index contributed by atoms with van der Waals surface area (Å²) < 4.78 is 27.2. The summed E-state index contributed by atoms with van der Waals surface area (Å²) in [5.41, 5.74) is -0.206. The Kier molecular flexibility index (Phi) is 7.24. The standard InChI is InChI=1S/C19H18F2N4O2S2/c1-11(9-26)23-17-16(29-13-5-7-22-8-6-13)18(27)25-19(24-17)28-10-12-3-2-4-14(20)15(12)21/h2-8,11,26H,9-10H2,1H3,(H2,23,24,25,27)/t11-/m1/s1. The molecule has 1 atom stereocenters. The summed E-state index contributed by atoms with van der Waals surface area (Å²) in [6, 6.07) is 7.14. The summed E-state index contributed by atoms with van der Waals surface area (Å²) in [6.07, 6.45) is 3.23. The maximum atomic E-state index is 13.9. The molecule has 152 valence electrons. The van der Waals surface area contributed by atoms with Crippen molar-refractivity contribution >= 4 is 29.3 Å². The summed E-state index contributed by atoms with van der Waals surface area (Å²) in [5, 5.41) is 12.6. The summed E-state index contributed by atoms with van der Waals surface area (Å²) in [7, 11) is 0. The highest BCUT2D eigenvalue weighted by atomic mass is 32.2. The normalized spacial score (nSPS) is 12.0. The topological polar surface area (TPSA) is 90.9 Å². The van der Waals surface area contributed by atoms with Gasteiger partial charge in [-0.05, 0) is 25.1 Å². The lowest BCUT2D eigenvalue weighted by Crippen LogP contribution is -2.24. The Bertz CT molecular complexity index is 1030. The molecule has 0 spiro atoms. The van der Waals surface area contributed by atoms with Gasteiger partial charge < -0.3 is 15.4 Å². The van der Waals surface area contributed by atoms with E-state index in [1.165, 1.54) is 23.9 Å². The Morgan fingerprint density at radius 2 is 2.00 bits per heavy atom. The highest BCUT2D eigenvalue weighted by Crippen LogP contribution is 2.31. The van der Waals surface area contributed by atoms with Gasteiger partial charge in [0.1, 0.15) is 10.7 Å². The van der Waals surface area contributed by atoms with Crippen LogP contribution >= 0.6 is 23.5 Å². The van der Waals surface area contributed by atoms with E-state index in [4.69, 9.17) is 0 Å². The van der Waals surface area contributed by atoms with Gasteiger partial charge in [0.05, 0.1) is 6.61 Å². The van der Waals surface area contributed by atoms with E-state index in [9.17, 15) is 18.7 Å². The molecule has 0 radical (unpaired) electrons. The summed E-state index contributed by atoms with van der Waals surface area (Å²) in [5.74, 6) is -1.44. The van der Waals surface area contributed by atoms with Crippen LogP contribution < -0.4 is 10.9 Å². The lowest BCUT2D eigenvalue weighted by Gasteiger charge is -2.15. The molecule has 0 amide bonds. The predicted octanol–water partition coefficient (Wildman–Crippen LogP) is 3.68. The number of benzene rings is 1. The van der Waals surface area contributed by atoms with E-state index in [1.807, 2.05) is 0 Å². The third-order valence-corrected chi connectivity index (χ3v) is 5.79. The second-order valence-electron chi connectivity index (χ2n) is 6.06. The molecule has 3 aromatic rings. The number of aliphatic hydroxyl groups is 1. The van der Waals surface area contributed by atoms with E-state index in [0.29, 0.717) is 10.7 Å². The van der Waals surface area contributed by atoms with Crippen molar-refractivity contribution in [3.8, 4) is 0 Å². The van der Waals surface area contributed by atoms with Gasteiger partial charge in [-0.2, -0.15) is 0 Å². The average molecular weight is 437 g/mol. The van der Waals surface area contributed by atoms with Crippen molar-refractivity contribution in [3.63, 3.8) is 0 Å². The molecule has 0 aliphatic carbocycles. The molecule has 0 unspecified atom stereocenters. The highest BCUT2D eigenvalue weighted by Gasteiger charge is 2.16. The summed E-state index contributed by atoms with van der Waals surface area (Å²) in [6.45, 7) is 1.60. The number of thioether (sulfide) groups is 1. The van der Waals surface area contributed by atoms with E-state index in [0.717, 1.165) is 22.7 Å². The number of pyridine rings is 1. The second-order valence-corrected chi connectivity index (χ2v) is 8.11. The molecule has 10 heteroatoms. The van der Waals surface area contributed by atoms with Gasteiger partial charge in [-0.25, -0.2) is 13.8 Å². The Hall–Kier alpha value is -2.43. The minimum atomic E-state index is -0.923. The van der Waals surface area contributed by atoms with E-state index < -0.39 is 11.6 Å². The van der Waals surface area contributed by atoms with Crippen LogP contribution in [0.25, 0.3) is 0 Å². The van der Waals surface area contributed by atoms with E-state index in [-0.39, 0.29) is 34.7 Å². The van der Waals surface area contributed by atoms with Gasteiger partial charge >= 0.3 is 0 Å². The Morgan fingerprint density at radius 1 is 1.24 bits per heavy atom. The van der Waals surface area contributed by atoms with E-state index in [1.54, 1.807) is 31.5 Å².